The highest BCUT2D eigenvalue weighted by Gasteiger charge is 2.18. The number of amides is 1. The summed E-state index contributed by atoms with van der Waals surface area (Å²) >= 11 is 2.94. The van der Waals surface area contributed by atoms with Gasteiger partial charge in [0.1, 0.15) is 4.83 Å². The van der Waals surface area contributed by atoms with Gasteiger partial charge in [0.05, 0.1) is 23.9 Å². The first-order valence-corrected chi connectivity index (χ1v) is 7.97. The van der Waals surface area contributed by atoms with Crippen molar-refractivity contribution in [2.45, 2.75) is 6.42 Å². The van der Waals surface area contributed by atoms with Gasteiger partial charge in [0.15, 0.2) is 4.96 Å². The van der Waals surface area contributed by atoms with Crippen molar-refractivity contribution in [2.24, 2.45) is 0 Å². The Morgan fingerprint density at radius 1 is 1.48 bits per heavy atom. The van der Waals surface area contributed by atoms with Gasteiger partial charge < -0.3 is 9.64 Å². The quantitative estimate of drug-likeness (QED) is 0.691. The van der Waals surface area contributed by atoms with E-state index in [2.05, 4.69) is 9.72 Å². The van der Waals surface area contributed by atoms with Gasteiger partial charge in [0, 0.05) is 25.2 Å². The third-order valence-corrected chi connectivity index (χ3v) is 4.94. The Balaban J connectivity index is 1.80. The molecule has 0 aromatic carbocycles. The molecule has 0 atom stereocenters. The van der Waals surface area contributed by atoms with E-state index in [9.17, 15) is 9.59 Å². The number of thiophene rings is 1. The topological polar surface area (TPSA) is 63.9 Å². The molecule has 0 N–H and O–H groups in total. The summed E-state index contributed by atoms with van der Waals surface area (Å²) < 4.78 is 6.55. The molecule has 0 saturated heterocycles. The molecule has 0 unspecified atom stereocenters. The van der Waals surface area contributed by atoms with Crippen LogP contribution in [0.3, 0.4) is 0 Å². The molecule has 0 fully saturated rings. The summed E-state index contributed by atoms with van der Waals surface area (Å²) in [5.41, 5.74) is 0.945. The van der Waals surface area contributed by atoms with Gasteiger partial charge in [-0.3, -0.25) is 14.0 Å². The minimum atomic E-state index is -0.322. The molecular formula is C13H13N3O3S2. The second-order valence-electron chi connectivity index (χ2n) is 4.52. The van der Waals surface area contributed by atoms with Gasteiger partial charge in [-0.15, -0.1) is 22.7 Å². The number of hydrogen-bond donors (Lipinski definition) is 0. The van der Waals surface area contributed by atoms with Crippen LogP contribution in [0.4, 0.5) is 0 Å². The minimum Gasteiger partial charge on any atom is -0.469 e. The summed E-state index contributed by atoms with van der Waals surface area (Å²) in [7, 11) is 3.02. The first-order valence-electron chi connectivity index (χ1n) is 6.27. The largest absolute Gasteiger partial charge is 0.469 e. The van der Waals surface area contributed by atoms with Gasteiger partial charge in [-0.05, 0) is 6.07 Å². The van der Waals surface area contributed by atoms with Crippen molar-refractivity contribution in [3.05, 3.63) is 22.5 Å². The van der Waals surface area contributed by atoms with Gasteiger partial charge in [0.2, 0.25) is 0 Å². The molecule has 3 rings (SSSR count). The van der Waals surface area contributed by atoms with Crippen LogP contribution in [0.25, 0.3) is 15.3 Å². The Labute approximate surface area is 128 Å². The molecular weight excluding hydrogens is 310 g/mol. The lowest BCUT2D eigenvalue weighted by molar-refractivity contribution is -0.140. The van der Waals surface area contributed by atoms with E-state index in [0.29, 0.717) is 11.4 Å². The number of ether oxygens (including phenoxy) is 1. The molecule has 3 heterocycles. The molecule has 1 amide bonds. The molecule has 0 aliphatic carbocycles. The maximum Gasteiger partial charge on any atom is 0.307 e. The molecule has 6 nitrogen and oxygen atoms in total. The van der Waals surface area contributed by atoms with Crippen LogP contribution in [-0.4, -0.2) is 46.9 Å². The fourth-order valence-electron chi connectivity index (χ4n) is 2.00. The third-order valence-electron chi connectivity index (χ3n) is 3.18. The number of fused-ring (bicyclic) bond motifs is 3. The van der Waals surface area contributed by atoms with E-state index in [1.54, 1.807) is 18.4 Å². The van der Waals surface area contributed by atoms with E-state index in [1.807, 2.05) is 22.0 Å². The van der Waals surface area contributed by atoms with E-state index in [1.165, 1.54) is 23.3 Å². The van der Waals surface area contributed by atoms with Crippen molar-refractivity contribution in [2.75, 3.05) is 20.7 Å². The van der Waals surface area contributed by atoms with Crippen LogP contribution in [0.1, 0.15) is 16.1 Å². The molecule has 0 spiro atoms. The predicted octanol–water partition coefficient (Wildman–Crippen LogP) is 2.25. The Morgan fingerprint density at radius 3 is 3.05 bits per heavy atom. The Bertz CT molecular complexity index is 817. The fourth-order valence-corrected chi connectivity index (χ4v) is 3.80. The van der Waals surface area contributed by atoms with Crippen molar-refractivity contribution >= 4 is 49.9 Å². The van der Waals surface area contributed by atoms with Crippen molar-refractivity contribution in [1.82, 2.24) is 14.3 Å². The zero-order chi connectivity index (χ0) is 15.0. The highest BCUT2D eigenvalue weighted by Crippen LogP contribution is 2.28. The zero-order valence-corrected chi connectivity index (χ0v) is 13.2. The standard InChI is InChI=1S/C13H13N3O3S2/c1-15(4-3-10(17)19-2)12(18)9-7-8-11(21-9)14-13-16(8)5-6-20-13/h5-7H,3-4H2,1-2H3. The molecule has 3 aromatic heterocycles. The van der Waals surface area contributed by atoms with Crippen LogP contribution >= 0.6 is 22.7 Å². The summed E-state index contributed by atoms with van der Waals surface area (Å²) in [6.07, 6.45) is 2.13. The first-order chi connectivity index (χ1) is 10.1. The summed E-state index contributed by atoms with van der Waals surface area (Å²) in [4.78, 5) is 31.9. The van der Waals surface area contributed by atoms with Gasteiger partial charge in [-0.1, -0.05) is 0 Å². The lowest BCUT2D eigenvalue weighted by Crippen LogP contribution is -2.28. The minimum absolute atomic E-state index is 0.106. The smallest absolute Gasteiger partial charge is 0.307 e. The number of hydrogen-bond acceptors (Lipinski definition) is 6. The number of carbonyl (C=O) groups excluding carboxylic acids is 2. The average molecular weight is 323 g/mol. The summed E-state index contributed by atoms with van der Waals surface area (Å²) in [5, 5.41) is 1.96. The van der Waals surface area contributed by atoms with Crippen molar-refractivity contribution in [3.8, 4) is 0 Å². The Hall–Kier alpha value is -1.93. The highest BCUT2D eigenvalue weighted by molar-refractivity contribution is 7.21. The number of rotatable bonds is 4. The first kappa shape index (κ1) is 14.0. The number of aromatic nitrogens is 2. The van der Waals surface area contributed by atoms with E-state index < -0.39 is 0 Å². The summed E-state index contributed by atoms with van der Waals surface area (Å²) in [6, 6.07) is 1.85. The van der Waals surface area contributed by atoms with Crippen LogP contribution in [0.2, 0.25) is 0 Å². The van der Waals surface area contributed by atoms with E-state index in [-0.39, 0.29) is 18.3 Å². The number of nitrogens with zero attached hydrogens (tertiary/aromatic N) is 3. The van der Waals surface area contributed by atoms with Gasteiger partial charge in [-0.2, -0.15) is 0 Å². The second-order valence-corrected chi connectivity index (χ2v) is 6.42. The monoisotopic (exact) mass is 323 g/mol. The Kier molecular flexibility index (Phi) is 3.64. The van der Waals surface area contributed by atoms with Crippen LogP contribution in [-0.2, 0) is 9.53 Å². The van der Waals surface area contributed by atoms with Crippen LogP contribution in [0.15, 0.2) is 17.6 Å². The van der Waals surface area contributed by atoms with Gasteiger partial charge in [0.25, 0.3) is 5.91 Å². The molecule has 21 heavy (non-hydrogen) atoms. The molecule has 0 aliphatic heterocycles. The van der Waals surface area contributed by atoms with Crippen LogP contribution in [0, 0.1) is 0 Å². The normalized spacial score (nSPS) is 11.1. The summed E-state index contributed by atoms with van der Waals surface area (Å²) in [6.45, 7) is 0.335. The molecule has 0 radical (unpaired) electrons. The molecule has 0 bridgehead atoms. The highest BCUT2D eigenvalue weighted by atomic mass is 32.1. The summed E-state index contributed by atoms with van der Waals surface area (Å²) in [5.74, 6) is -0.428. The zero-order valence-electron chi connectivity index (χ0n) is 11.5. The van der Waals surface area contributed by atoms with Crippen LogP contribution in [0.5, 0.6) is 0 Å². The fraction of sp³-hybridized carbons (Fsp3) is 0.308. The van der Waals surface area contributed by atoms with Crippen molar-refractivity contribution in [1.29, 1.82) is 0 Å². The van der Waals surface area contributed by atoms with Gasteiger partial charge >= 0.3 is 5.97 Å². The average Bonchev–Trinajstić information content (AvgIpc) is 3.14. The SMILES string of the molecule is COC(=O)CCN(C)C(=O)c1cc2c(nc3sccn32)s1. The maximum atomic E-state index is 12.3. The number of thiazole rings is 1. The molecule has 3 aromatic rings. The van der Waals surface area contributed by atoms with Crippen molar-refractivity contribution in [3.63, 3.8) is 0 Å². The third kappa shape index (κ3) is 2.52. The van der Waals surface area contributed by atoms with Crippen molar-refractivity contribution < 1.29 is 14.3 Å². The Morgan fingerprint density at radius 2 is 2.29 bits per heavy atom. The van der Waals surface area contributed by atoms with E-state index in [4.69, 9.17) is 0 Å². The number of methoxy groups -OCH3 is 1. The van der Waals surface area contributed by atoms with E-state index >= 15 is 0 Å². The number of imidazole rings is 1. The number of carbonyl (C=O) groups is 2. The number of esters is 1. The molecule has 8 heteroatoms. The lowest BCUT2D eigenvalue weighted by atomic mass is 10.3. The van der Waals surface area contributed by atoms with Crippen LogP contribution < -0.4 is 0 Å². The molecule has 110 valence electrons. The molecule has 0 saturated carbocycles. The second kappa shape index (κ2) is 5.45. The predicted molar refractivity (Wildman–Crippen MR) is 82.0 cm³/mol. The van der Waals surface area contributed by atoms with E-state index in [0.717, 1.165) is 15.3 Å². The molecule has 0 aliphatic rings. The maximum absolute atomic E-state index is 12.3. The lowest BCUT2D eigenvalue weighted by Gasteiger charge is -2.14. The van der Waals surface area contributed by atoms with Gasteiger partial charge in [-0.25, -0.2) is 4.98 Å².